The summed E-state index contributed by atoms with van der Waals surface area (Å²) >= 11 is 0. The third kappa shape index (κ3) is 3.23. The third-order valence-corrected chi connectivity index (χ3v) is 3.83. The molecule has 2 rings (SSSR count). The number of hydrogen-bond donors (Lipinski definition) is 1. The van der Waals surface area contributed by atoms with Crippen LogP contribution in [-0.4, -0.2) is 30.2 Å². The smallest absolute Gasteiger partial charge is 0.351 e. The lowest BCUT2D eigenvalue weighted by molar-refractivity contribution is -0.137. The summed E-state index contributed by atoms with van der Waals surface area (Å²) in [4.78, 5) is 6.14. The second-order valence-corrected chi connectivity index (χ2v) is 5.13. The van der Waals surface area contributed by atoms with Crippen LogP contribution in [0, 0.1) is 0 Å². The summed E-state index contributed by atoms with van der Waals surface area (Å²) in [5, 5.41) is 3.42. The van der Waals surface area contributed by atoms with Crippen molar-refractivity contribution in [3.63, 3.8) is 0 Å². The summed E-state index contributed by atoms with van der Waals surface area (Å²) in [5.41, 5.74) is -0.635. The van der Waals surface area contributed by atoms with Crippen LogP contribution in [0.5, 0.6) is 0 Å². The van der Waals surface area contributed by atoms with Crippen molar-refractivity contribution in [2.24, 2.45) is 0 Å². The maximum absolute atomic E-state index is 12.8. The molecule has 1 saturated heterocycles. The summed E-state index contributed by atoms with van der Waals surface area (Å²) in [7, 11) is 0. The van der Waals surface area contributed by atoms with E-state index in [0.29, 0.717) is 18.4 Å². The number of halogens is 3. The summed E-state index contributed by atoms with van der Waals surface area (Å²) in [5.74, 6) is 0.423. The highest BCUT2D eigenvalue weighted by atomic mass is 19.4. The number of alkyl halides is 3. The van der Waals surface area contributed by atoms with E-state index >= 15 is 0 Å². The Balaban J connectivity index is 2.27. The number of aromatic nitrogens is 1. The van der Waals surface area contributed by atoms with Crippen LogP contribution in [-0.2, 0) is 6.18 Å². The Bertz CT molecular complexity index is 448. The molecule has 0 spiro atoms. The summed E-state index contributed by atoms with van der Waals surface area (Å²) < 4.78 is 38.4. The van der Waals surface area contributed by atoms with E-state index in [1.54, 1.807) is 0 Å². The zero-order valence-electron chi connectivity index (χ0n) is 11.7. The Morgan fingerprint density at radius 2 is 2.10 bits per heavy atom. The van der Waals surface area contributed by atoms with Gasteiger partial charge in [-0.3, -0.25) is 0 Å². The van der Waals surface area contributed by atoms with E-state index < -0.39 is 11.7 Å². The van der Waals surface area contributed by atoms with Gasteiger partial charge in [-0.15, -0.1) is 0 Å². The standard InChI is InChI=1S/C14H20F3N3/c1-3-11-9-20(12(4-2)8-19-11)13-7-10(5-6-18-13)14(15,16)17/h5-7,11-12,19H,3-4,8-9H2,1-2H3. The second-order valence-electron chi connectivity index (χ2n) is 5.13. The molecular weight excluding hydrogens is 267 g/mol. The van der Waals surface area contributed by atoms with E-state index in [2.05, 4.69) is 17.2 Å². The average molecular weight is 287 g/mol. The fraction of sp³-hybridized carbons (Fsp3) is 0.643. The number of nitrogens with one attached hydrogen (secondary N) is 1. The van der Waals surface area contributed by atoms with Crippen LogP contribution >= 0.6 is 0 Å². The second kappa shape index (κ2) is 5.99. The van der Waals surface area contributed by atoms with Gasteiger partial charge in [0.05, 0.1) is 5.56 Å². The normalized spacial score (nSPS) is 23.9. The molecule has 2 atom stereocenters. The molecular formula is C14H20F3N3. The molecule has 0 aliphatic carbocycles. The molecule has 1 aromatic heterocycles. The average Bonchev–Trinajstić information content (AvgIpc) is 2.45. The van der Waals surface area contributed by atoms with Gasteiger partial charge in [-0.25, -0.2) is 4.98 Å². The van der Waals surface area contributed by atoms with Gasteiger partial charge in [0, 0.05) is 31.4 Å². The molecule has 2 unspecified atom stereocenters. The monoisotopic (exact) mass is 287 g/mol. The van der Waals surface area contributed by atoms with Crippen molar-refractivity contribution in [1.29, 1.82) is 0 Å². The van der Waals surface area contributed by atoms with Crippen LogP contribution in [0.3, 0.4) is 0 Å². The SMILES string of the molecule is CCC1CN(c2cc(C(F)(F)F)ccn2)C(CC)CN1. The topological polar surface area (TPSA) is 28.2 Å². The first-order chi connectivity index (χ1) is 9.45. The van der Waals surface area contributed by atoms with Gasteiger partial charge < -0.3 is 10.2 Å². The molecule has 1 N–H and O–H groups in total. The van der Waals surface area contributed by atoms with Crippen molar-refractivity contribution in [3.8, 4) is 0 Å². The van der Waals surface area contributed by atoms with Crippen molar-refractivity contribution in [1.82, 2.24) is 10.3 Å². The number of pyridine rings is 1. The van der Waals surface area contributed by atoms with Gasteiger partial charge in [-0.05, 0) is 25.0 Å². The zero-order chi connectivity index (χ0) is 14.8. The molecule has 0 bridgehead atoms. The van der Waals surface area contributed by atoms with Crippen LogP contribution in [0.4, 0.5) is 19.0 Å². The third-order valence-electron chi connectivity index (χ3n) is 3.83. The molecule has 0 aromatic carbocycles. The van der Waals surface area contributed by atoms with Crippen molar-refractivity contribution in [2.75, 3.05) is 18.0 Å². The minimum Gasteiger partial charge on any atom is -0.351 e. The van der Waals surface area contributed by atoms with Crippen LogP contribution in [0.25, 0.3) is 0 Å². The summed E-state index contributed by atoms with van der Waals surface area (Å²) in [6.07, 6.45) is -1.25. The molecule has 1 fully saturated rings. The van der Waals surface area contributed by atoms with Crippen LogP contribution in [0.15, 0.2) is 18.3 Å². The largest absolute Gasteiger partial charge is 0.416 e. The van der Waals surface area contributed by atoms with E-state index in [4.69, 9.17) is 0 Å². The first-order valence-electron chi connectivity index (χ1n) is 6.99. The molecule has 1 aromatic rings. The summed E-state index contributed by atoms with van der Waals surface area (Å²) in [6.45, 7) is 5.59. The van der Waals surface area contributed by atoms with Crippen molar-refractivity contribution < 1.29 is 13.2 Å². The highest BCUT2D eigenvalue weighted by Gasteiger charge is 2.33. The molecule has 3 nitrogen and oxygen atoms in total. The lowest BCUT2D eigenvalue weighted by Gasteiger charge is -2.41. The van der Waals surface area contributed by atoms with Crippen LogP contribution in [0.1, 0.15) is 32.3 Å². The van der Waals surface area contributed by atoms with Crippen molar-refractivity contribution >= 4 is 5.82 Å². The Kier molecular flexibility index (Phi) is 4.52. The highest BCUT2D eigenvalue weighted by molar-refractivity contribution is 5.44. The van der Waals surface area contributed by atoms with Gasteiger partial charge >= 0.3 is 6.18 Å². The Morgan fingerprint density at radius 3 is 2.70 bits per heavy atom. The van der Waals surface area contributed by atoms with Gasteiger partial charge in [0.25, 0.3) is 0 Å². The molecule has 1 aliphatic heterocycles. The molecule has 1 aliphatic rings. The molecule has 0 saturated carbocycles. The Labute approximate surface area is 117 Å². The number of nitrogens with zero attached hydrogens (tertiary/aromatic N) is 2. The number of hydrogen-bond acceptors (Lipinski definition) is 3. The molecule has 0 radical (unpaired) electrons. The number of anilines is 1. The van der Waals surface area contributed by atoms with E-state index in [9.17, 15) is 13.2 Å². The number of piperazine rings is 1. The van der Waals surface area contributed by atoms with E-state index in [-0.39, 0.29) is 6.04 Å². The number of rotatable bonds is 3. The van der Waals surface area contributed by atoms with Gasteiger partial charge in [0.2, 0.25) is 0 Å². The van der Waals surface area contributed by atoms with Crippen LogP contribution in [0.2, 0.25) is 0 Å². The van der Waals surface area contributed by atoms with Gasteiger partial charge in [-0.1, -0.05) is 13.8 Å². The maximum Gasteiger partial charge on any atom is 0.416 e. The first kappa shape index (κ1) is 15.1. The molecule has 20 heavy (non-hydrogen) atoms. The zero-order valence-corrected chi connectivity index (χ0v) is 11.7. The van der Waals surface area contributed by atoms with Crippen LogP contribution < -0.4 is 10.2 Å². The minimum absolute atomic E-state index is 0.189. The van der Waals surface area contributed by atoms with Gasteiger partial charge in [0.1, 0.15) is 5.82 Å². The fourth-order valence-electron chi connectivity index (χ4n) is 2.53. The molecule has 0 amide bonds. The van der Waals surface area contributed by atoms with Gasteiger partial charge in [0.15, 0.2) is 0 Å². The quantitative estimate of drug-likeness (QED) is 0.926. The highest BCUT2D eigenvalue weighted by Crippen LogP contribution is 2.31. The van der Waals surface area contributed by atoms with E-state index in [1.807, 2.05) is 11.8 Å². The molecule has 112 valence electrons. The van der Waals surface area contributed by atoms with E-state index in [0.717, 1.165) is 31.5 Å². The Morgan fingerprint density at radius 1 is 1.35 bits per heavy atom. The van der Waals surface area contributed by atoms with Crippen molar-refractivity contribution in [3.05, 3.63) is 23.9 Å². The summed E-state index contributed by atoms with van der Waals surface area (Å²) in [6, 6.07) is 2.66. The van der Waals surface area contributed by atoms with Crippen molar-refractivity contribution in [2.45, 2.75) is 44.9 Å². The maximum atomic E-state index is 12.8. The predicted molar refractivity (Wildman–Crippen MR) is 72.7 cm³/mol. The molecule has 2 heterocycles. The molecule has 6 heteroatoms. The Hall–Kier alpha value is -1.30. The fourth-order valence-corrected chi connectivity index (χ4v) is 2.53. The first-order valence-corrected chi connectivity index (χ1v) is 6.99. The van der Waals surface area contributed by atoms with Gasteiger partial charge in [-0.2, -0.15) is 13.2 Å². The predicted octanol–water partition coefficient (Wildman–Crippen LogP) is 3.07. The lowest BCUT2D eigenvalue weighted by atomic mass is 10.0. The lowest BCUT2D eigenvalue weighted by Crippen LogP contribution is -2.56. The minimum atomic E-state index is -4.32. The van der Waals surface area contributed by atoms with E-state index in [1.165, 1.54) is 6.20 Å².